The number of nitrogens with one attached hydrogen (secondary N) is 1. The van der Waals surface area contributed by atoms with Gasteiger partial charge in [0.25, 0.3) is 5.69 Å². The van der Waals surface area contributed by atoms with Gasteiger partial charge in [-0.3, -0.25) is 14.9 Å². The Hall–Kier alpha value is -3.35. The van der Waals surface area contributed by atoms with Crippen molar-refractivity contribution in [1.82, 2.24) is 5.32 Å². The predicted octanol–water partition coefficient (Wildman–Crippen LogP) is 4.61. The third-order valence-electron chi connectivity index (χ3n) is 5.99. The van der Waals surface area contributed by atoms with Crippen molar-refractivity contribution in [3.63, 3.8) is 0 Å². The van der Waals surface area contributed by atoms with E-state index in [0.29, 0.717) is 29.9 Å². The van der Waals surface area contributed by atoms with Crippen LogP contribution in [-0.2, 0) is 4.79 Å². The first-order valence-electron chi connectivity index (χ1n) is 10.6. The SMILES string of the molecule is COc1ccc([C@H]2CNC(=O)/C(=C/c3ccccc3[N+](=O)[O-])C2)cc1OC1CCCC1. The van der Waals surface area contributed by atoms with Gasteiger partial charge >= 0.3 is 0 Å². The van der Waals surface area contributed by atoms with Gasteiger partial charge in [-0.1, -0.05) is 18.2 Å². The molecule has 1 aliphatic heterocycles. The molecule has 31 heavy (non-hydrogen) atoms. The first-order valence-corrected chi connectivity index (χ1v) is 10.6. The van der Waals surface area contributed by atoms with E-state index in [-0.39, 0.29) is 23.6 Å². The van der Waals surface area contributed by atoms with Crippen molar-refractivity contribution in [3.8, 4) is 11.5 Å². The number of amides is 1. The van der Waals surface area contributed by atoms with Crippen molar-refractivity contribution >= 4 is 17.7 Å². The predicted molar refractivity (Wildman–Crippen MR) is 117 cm³/mol. The molecule has 7 heteroatoms. The summed E-state index contributed by atoms with van der Waals surface area (Å²) in [5, 5.41) is 14.2. The number of carbonyl (C=O) groups is 1. The first-order chi connectivity index (χ1) is 15.0. The Morgan fingerprint density at radius 3 is 2.65 bits per heavy atom. The minimum atomic E-state index is -0.430. The Morgan fingerprint density at radius 1 is 1.13 bits per heavy atom. The number of ether oxygens (including phenoxy) is 2. The Kier molecular flexibility index (Phi) is 6.21. The second-order valence-electron chi connectivity index (χ2n) is 8.03. The quantitative estimate of drug-likeness (QED) is 0.417. The van der Waals surface area contributed by atoms with Crippen molar-refractivity contribution in [2.75, 3.05) is 13.7 Å². The lowest BCUT2D eigenvalue weighted by atomic mass is 9.87. The number of methoxy groups -OCH3 is 1. The van der Waals surface area contributed by atoms with E-state index in [1.54, 1.807) is 31.4 Å². The van der Waals surface area contributed by atoms with Crippen LogP contribution in [0.15, 0.2) is 48.0 Å². The molecule has 1 atom stereocenters. The van der Waals surface area contributed by atoms with Gasteiger partial charge in [-0.05, 0) is 61.9 Å². The fourth-order valence-corrected chi connectivity index (χ4v) is 4.31. The highest BCUT2D eigenvalue weighted by Gasteiger charge is 2.27. The molecule has 1 saturated heterocycles. The van der Waals surface area contributed by atoms with Crippen LogP contribution in [0.3, 0.4) is 0 Å². The molecule has 2 aromatic rings. The molecule has 2 aliphatic rings. The number of rotatable bonds is 6. The van der Waals surface area contributed by atoms with E-state index in [9.17, 15) is 14.9 Å². The van der Waals surface area contributed by atoms with E-state index < -0.39 is 4.92 Å². The number of para-hydroxylation sites is 1. The molecule has 7 nitrogen and oxygen atoms in total. The molecular formula is C24H26N2O5. The molecule has 0 radical (unpaired) electrons. The van der Waals surface area contributed by atoms with Gasteiger partial charge in [-0.25, -0.2) is 0 Å². The summed E-state index contributed by atoms with van der Waals surface area (Å²) in [6, 6.07) is 12.3. The molecule has 4 rings (SSSR count). The average molecular weight is 422 g/mol. The summed E-state index contributed by atoms with van der Waals surface area (Å²) in [5.74, 6) is 1.29. The lowest BCUT2D eigenvalue weighted by Gasteiger charge is -2.26. The van der Waals surface area contributed by atoms with Gasteiger partial charge in [0, 0.05) is 24.1 Å². The maximum atomic E-state index is 12.5. The third-order valence-corrected chi connectivity index (χ3v) is 5.99. The summed E-state index contributed by atoms with van der Waals surface area (Å²) in [4.78, 5) is 23.4. The van der Waals surface area contributed by atoms with Gasteiger partial charge in [0.05, 0.1) is 23.7 Å². The van der Waals surface area contributed by atoms with Gasteiger partial charge in [-0.15, -0.1) is 0 Å². The largest absolute Gasteiger partial charge is 0.493 e. The van der Waals surface area contributed by atoms with Crippen molar-refractivity contribution in [3.05, 3.63) is 69.3 Å². The zero-order valence-corrected chi connectivity index (χ0v) is 17.5. The fraction of sp³-hybridized carbons (Fsp3) is 0.375. The zero-order chi connectivity index (χ0) is 21.8. The van der Waals surface area contributed by atoms with Crippen LogP contribution in [0.2, 0.25) is 0 Å². The molecule has 0 unspecified atom stereocenters. The van der Waals surface area contributed by atoms with Crippen LogP contribution in [0, 0.1) is 10.1 Å². The Labute approximate surface area is 181 Å². The maximum Gasteiger partial charge on any atom is 0.276 e. The molecule has 1 saturated carbocycles. The highest BCUT2D eigenvalue weighted by molar-refractivity contribution is 5.99. The van der Waals surface area contributed by atoms with E-state index in [1.807, 2.05) is 18.2 Å². The van der Waals surface area contributed by atoms with Gasteiger partial charge in [-0.2, -0.15) is 0 Å². The summed E-state index contributed by atoms with van der Waals surface area (Å²) < 4.78 is 11.7. The highest BCUT2D eigenvalue weighted by Crippen LogP contribution is 2.37. The number of carbonyl (C=O) groups excluding carboxylic acids is 1. The van der Waals surface area contributed by atoms with Crippen molar-refractivity contribution in [2.24, 2.45) is 0 Å². The number of hydrogen-bond acceptors (Lipinski definition) is 5. The Bertz CT molecular complexity index is 1010. The normalized spacial score (nSPS) is 20.5. The van der Waals surface area contributed by atoms with E-state index in [0.717, 1.165) is 24.2 Å². The van der Waals surface area contributed by atoms with Crippen molar-refractivity contribution in [1.29, 1.82) is 0 Å². The van der Waals surface area contributed by atoms with E-state index >= 15 is 0 Å². The number of piperidine rings is 1. The van der Waals surface area contributed by atoms with Crippen molar-refractivity contribution in [2.45, 2.75) is 44.1 Å². The average Bonchev–Trinajstić information content (AvgIpc) is 3.28. The second-order valence-corrected chi connectivity index (χ2v) is 8.03. The monoisotopic (exact) mass is 422 g/mol. The number of nitro benzene ring substituents is 1. The highest BCUT2D eigenvalue weighted by atomic mass is 16.6. The Balaban J connectivity index is 1.59. The molecule has 0 aromatic heterocycles. The minimum Gasteiger partial charge on any atom is -0.493 e. The first kappa shape index (κ1) is 20.9. The van der Waals surface area contributed by atoms with Crippen LogP contribution in [-0.4, -0.2) is 30.6 Å². The molecule has 1 aliphatic carbocycles. The molecule has 2 aromatic carbocycles. The van der Waals surface area contributed by atoms with Gasteiger partial charge in [0.1, 0.15) is 0 Å². The van der Waals surface area contributed by atoms with E-state index in [4.69, 9.17) is 9.47 Å². The molecule has 1 N–H and O–H groups in total. The van der Waals surface area contributed by atoms with Crippen LogP contribution in [0.1, 0.15) is 49.1 Å². The lowest BCUT2D eigenvalue weighted by Crippen LogP contribution is -2.35. The molecular weight excluding hydrogens is 396 g/mol. The van der Waals surface area contributed by atoms with Crippen LogP contribution in [0.4, 0.5) is 5.69 Å². The number of hydrogen-bond donors (Lipinski definition) is 1. The number of benzene rings is 2. The lowest BCUT2D eigenvalue weighted by molar-refractivity contribution is -0.385. The summed E-state index contributed by atoms with van der Waals surface area (Å²) in [5.41, 5.74) is 1.99. The number of nitrogens with zero attached hydrogens (tertiary/aromatic N) is 1. The summed E-state index contributed by atoms with van der Waals surface area (Å²) >= 11 is 0. The summed E-state index contributed by atoms with van der Waals surface area (Å²) in [7, 11) is 1.63. The van der Waals surface area contributed by atoms with E-state index in [2.05, 4.69) is 5.32 Å². The van der Waals surface area contributed by atoms with Crippen LogP contribution >= 0.6 is 0 Å². The smallest absolute Gasteiger partial charge is 0.276 e. The molecule has 162 valence electrons. The van der Waals surface area contributed by atoms with Gasteiger partial charge < -0.3 is 14.8 Å². The van der Waals surface area contributed by atoms with E-state index in [1.165, 1.54) is 18.9 Å². The Morgan fingerprint density at radius 2 is 1.90 bits per heavy atom. The van der Waals surface area contributed by atoms with Crippen molar-refractivity contribution < 1.29 is 19.2 Å². The zero-order valence-electron chi connectivity index (χ0n) is 17.5. The van der Waals surface area contributed by atoms with Gasteiger partial charge in [0.2, 0.25) is 5.91 Å². The van der Waals surface area contributed by atoms with Crippen LogP contribution < -0.4 is 14.8 Å². The molecule has 0 bridgehead atoms. The second kappa shape index (κ2) is 9.20. The fourth-order valence-electron chi connectivity index (χ4n) is 4.31. The topological polar surface area (TPSA) is 90.7 Å². The van der Waals surface area contributed by atoms with Crippen LogP contribution in [0.25, 0.3) is 6.08 Å². The van der Waals surface area contributed by atoms with Gasteiger partial charge in [0.15, 0.2) is 11.5 Å². The maximum absolute atomic E-state index is 12.5. The summed E-state index contributed by atoms with van der Waals surface area (Å²) in [6.45, 7) is 0.502. The number of nitro groups is 1. The molecule has 1 heterocycles. The standard InChI is InChI=1S/C24H26N2O5/c1-30-22-11-10-16(14-23(22)31-20-7-3-4-8-20)19-13-18(24(27)25-15-19)12-17-6-2-5-9-21(17)26(28)29/h2,5-6,9-12,14,19-20H,3-4,7-8,13,15H2,1H3,(H,25,27)/b18-12+/t19-/m1/s1. The van der Waals surface area contributed by atoms with Crippen LogP contribution in [0.5, 0.6) is 11.5 Å². The minimum absolute atomic E-state index is 0.0124. The molecule has 2 fully saturated rings. The molecule has 1 amide bonds. The summed E-state index contributed by atoms with van der Waals surface area (Å²) in [6.07, 6.45) is 6.80. The third kappa shape index (κ3) is 4.71. The molecule has 0 spiro atoms.